The summed E-state index contributed by atoms with van der Waals surface area (Å²) in [5.41, 5.74) is 4.38. The van der Waals surface area contributed by atoms with Crippen molar-refractivity contribution in [1.29, 1.82) is 0 Å². The normalized spacial score (nSPS) is 10.4. The maximum Gasteiger partial charge on any atom is 0.130 e. The minimum atomic E-state index is 0.606. The van der Waals surface area contributed by atoms with Gasteiger partial charge in [-0.2, -0.15) is 0 Å². The molecule has 1 aromatic carbocycles. The summed E-state index contributed by atoms with van der Waals surface area (Å²) in [6.45, 7) is 6.00. The van der Waals surface area contributed by atoms with Crippen LogP contribution in [0.25, 0.3) is 11.3 Å². The average molecular weight is 260 g/mol. The highest BCUT2D eigenvalue weighted by Crippen LogP contribution is 2.28. The predicted octanol–water partition coefficient (Wildman–Crippen LogP) is 3.74. The van der Waals surface area contributed by atoms with Crippen molar-refractivity contribution in [2.24, 2.45) is 0 Å². The van der Waals surface area contributed by atoms with Gasteiger partial charge in [0.1, 0.15) is 16.2 Å². The van der Waals surface area contributed by atoms with Crippen molar-refractivity contribution in [3.05, 3.63) is 39.8 Å². The van der Waals surface area contributed by atoms with Gasteiger partial charge in [0.2, 0.25) is 0 Å². The van der Waals surface area contributed by atoms with Gasteiger partial charge in [-0.15, -0.1) is 0 Å². The third kappa shape index (κ3) is 2.43. The third-order valence-electron chi connectivity index (χ3n) is 2.89. The van der Waals surface area contributed by atoms with Gasteiger partial charge in [-0.25, -0.2) is 4.98 Å². The van der Waals surface area contributed by atoms with E-state index < -0.39 is 0 Å². The number of hydrogen-bond donors (Lipinski definition) is 1. The van der Waals surface area contributed by atoms with E-state index in [1.165, 1.54) is 0 Å². The van der Waals surface area contributed by atoms with E-state index in [-0.39, 0.29) is 0 Å². The van der Waals surface area contributed by atoms with Crippen molar-refractivity contribution in [2.75, 3.05) is 7.11 Å². The van der Waals surface area contributed by atoms with Gasteiger partial charge in [0.25, 0.3) is 0 Å². The number of hydrogen-bond acceptors (Lipinski definition) is 3. The zero-order valence-corrected chi connectivity index (χ0v) is 11.8. The Hall–Kier alpha value is -1.68. The highest BCUT2D eigenvalue weighted by Gasteiger charge is 2.08. The average Bonchev–Trinajstić information content (AvgIpc) is 2.30. The Morgan fingerprint density at radius 1 is 1.11 bits per heavy atom. The zero-order valence-electron chi connectivity index (χ0n) is 11.0. The van der Waals surface area contributed by atoms with E-state index in [0.29, 0.717) is 4.64 Å². The van der Waals surface area contributed by atoms with Crippen LogP contribution in [0.5, 0.6) is 5.75 Å². The third-order valence-corrected chi connectivity index (χ3v) is 3.10. The molecule has 2 rings (SSSR count). The van der Waals surface area contributed by atoms with Crippen LogP contribution in [0.2, 0.25) is 0 Å². The van der Waals surface area contributed by atoms with Crippen LogP contribution < -0.4 is 4.74 Å². The second-order valence-electron chi connectivity index (χ2n) is 4.36. The summed E-state index contributed by atoms with van der Waals surface area (Å²) >= 11 is 5.16. The number of nitrogens with one attached hydrogen (secondary N) is 1. The second-order valence-corrected chi connectivity index (χ2v) is 4.77. The molecule has 0 atom stereocenters. The first-order chi connectivity index (χ1) is 8.51. The molecule has 18 heavy (non-hydrogen) atoms. The predicted molar refractivity (Wildman–Crippen MR) is 75.6 cm³/mol. The molecule has 4 heteroatoms. The number of aromatic amines is 1. The van der Waals surface area contributed by atoms with Crippen LogP contribution in [-0.4, -0.2) is 17.1 Å². The summed E-state index contributed by atoms with van der Waals surface area (Å²) in [5, 5.41) is 0. The van der Waals surface area contributed by atoms with Crippen LogP contribution in [0.3, 0.4) is 0 Å². The van der Waals surface area contributed by atoms with Crippen LogP contribution in [0.4, 0.5) is 0 Å². The molecule has 3 nitrogen and oxygen atoms in total. The molecular formula is C14H16N2OS. The summed E-state index contributed by atoms with van der Waals surface area (Å²) < 4.78 is 5.93. The fraction of sp³-hybridized carbons (Fsp3) is 0.286. The fourth-order valence-corrected chi connectivity index (χ4v) is 2.28. The van der Waals surface area contributed by atoms with Gasteiger partial charge in [0.05, 0.1) is 7.11 Å². The first kappa shape index (κ1) is 12.8. The van der Waals surface area contributed by atoms with Crippen molar-refractivity contribution >= 4 is 12.2 Å². The molecule has 1 N–H and O–H groups in total. The van der Waals surface area contributed by atoms with E-state index in [1.54, 1.807) is 7.11 Å². The Bertz CT molecular complexity index is 647. The second kappa shape index (κ2) is 4.90. The van der Waals surface area contributed by atoms with E-state index in [4.69, 9.17) is 17.0 Å². The molecule has 0 unspecified atom stereocenters. The van der Waals surface area contributed by atoms with Gasteiger partial charge >= 0.3 is 0 Å². The Labute approximate surface area is 112 Å². The van der Waals surface area contributed by atoms with Crippen LogP contribution in [-0.2, 0) is 0 Å². The molecule has 0 saturated carbocycles. The van der Waals surface area contributed by atoms with E-state index in [9.17, 15) is 0 Å². The van der Waals surface area contributed by atoms with E-state index in [1.807, 2.05) is 26.0 Å². The van der Waals surface area contributed by atoms with Crippen LogP contribution in [0, 0.1) is 25.4 Å². The smallest absolute Gasteiger partial charge is 0.130 e. The number of aromatic nitrogens is 2. The number of rotatable bonds is 2. The number of benzene rings is 1. The summed E-state index contributed by atoms with van der Waals surface area (Å²) in [4.78, 5) is 7.43. The Balaban J connectivity index is 2.64. The quantitative estimate of drug-likeness (QED) is 0.836. The van der Waals surface area contributed by atoms with E-state index in [2.05, 4.69) is 23.0 Å². The van der Waals surface area contributed by atoms with Crippen LogP contribution in [0.1, 0.15) is 17.0 Å². The molecule has 0 radical (unpaired) electrons. The molecule has 0 aliphatic heterocycles. The molecular weight excluding hydrogens is 244 g/mol. The van der Waals surface area contributed by atoms with Gasteiger partial charge in [-0.3, -0.25) is 0 Å². The SMILES string of the molecule is COc1cc(C)c(-c2cc(=S)nc(C)[nH]2)cc1C. The summed E-state index contributed by atoms with van der Waals surface area (Å²) in [6.07, 6.45) is 0. The van der Waals surface area contributed by atoms with Crippen molar-refractivity contribution < 1.29 is 4.74 Å². The largest absolute Gasteiger partial charge is 0.496 e. The Morgan fingerprint density at radius 2 is 1.83 bits per heavy atom. The van der Waals surface area contributed by atoms with Crippen molar-refractivity contribution in [3.8, 4) is 17.0 Å². The molecule has 0 saturated heterocycles. The molecule has 0 fully saturated rings. The monoisotopic (exact) mass is 260 g/mol. The lowest BCUT2D eigenvalue weighted by Crippen LogP contribution is -1.95. The topological polar surface area (TPSA) is 37.9 Å². The molecule has 0 aliphatic carbocycles. The van der Waals surface area contributed by atoms with E-state index in [0.717, 1.165) is 34.0 Å². The molecule has 0 bridgehead atoms. The van der Waals surface area contributed by atoms with Crippen LogP contribution >= 0.6 is 12.2 Å². The number of ether oxygens (including phenoxy) is 1. The molecule has 0 spiro atoms. The Morgan fingerprint density at radius 3 is 2.44 bits per heavy atom. The molecule has 1 aromatic heterocycles. The van der Waals surface area contributed by atoms with Crippen molar-refractivity contribution in [3.63, 3.8) is 0 Å². The number of nitrogens with zero attached hydrogens (tertiary/aromatic N) is 1. The molecule has 0 aliphatic rings. The summed E-state index contributed by atoms with van der Waals surface area (Å²) in [7, 11) is 1.69. The highest BCUT2D eigenvalue weighted by atomic mass is 32.1. The standard InChI is InChI=1S/C14H16N2OS/c1-8-6-13(17-4)9(2)5-11(8)12-7-14(18)16-10(3)15-12/h5-7H,1-4H3,(H,15,16,18). The van der Waals surface area contributed by atoms with Gasteiger partial charge in [0, 0.05) is 11.3 Å². The molecule has 2 aromatic rings. The number of aryl methyl sites for hydroxylation is 3. The van der Waals surface area contributed by atoms with Gasteiger partial charge in [-0.1, -0.05) is 12.2 Å². The lowest BCUT2D eigenvalue weighted by atomic mass is 10.0. The summed E-state index contributed by atoms with van der Waals surface area (Å²) in [5.74, 6) is 1.73. The fourth-order valence-electron chi connectivity index (χ4n) is 2.02. The minimum absolute atomic E-state index is 0.606. The Kier molecular flexibility index (Phi) is 3.48. The zero-order chi connectivity index (χ0) is 13.3. The van der Waals surface area contributed by atoms with Gasteiger partial charge in [-0.05, 0) is 50.1 Å². The molecule has 0 amide bonds. The van der Waals surface area contributed by atoms with Gasteiger partial charge in [0.15, 0.2) is 0 Å². The van der Waals surface area contributed by atoms with Crippen LogP contribution in [0.15, 0.2) is 18.2 Å². The first-order valence-electron chi connectivity index (χ1n) is 5.75. The van der Waals surface area contributed by atoms with E-state index >= 15 is 0 Å². The molecule has 94 valence electrons. The lowest BCUT2D eigenvalue weighted by Gasteiger charge is -2.12. The highest BCUT2D eigenvalue weighted by molar-refractivity contribution is 7.71. The first-order valence-corrected chi connectivity index (χ1v) is 6.15. The summed E-state index contributed by atoms with van der Waals surface area (Å²) in [6, 6.07) is 6.03. The van der Waals surface area contributed by atoms with Gasteiger partial charge < -0.3 is 9.72 Å². The van der Waals surface area contributed by atoms with Crippen molar-refractivity contribution in [2.45, 2.75) is 20.8 Å². The van der Waals surface area contributed by atoms with Crippen molar-refractivity contribution in [1.82, 2.24) is 9.97 Å². The maximum absolute atomic E-state index is 5.32. The lowest BCUT2D eigenvalue weighted by molar-refractivity contribution is 0.411. The number of methoxy groups -OCH3 is 1. The number of H-pyrrole nitrogens is 1. The molecule has 1 heterocycles. The minimum Gasteiger partial charge on any atom is -0.496 e. The maximum atomic E-state index is 5.32.